The van der Waals surface area contributed by atoms with Crippen LogP contribution in [0.15, 0.2) is 36.5 Å². The summed E-state index contributed by atoms with van der Waals surface area (Å²) in [7, 11) is 0. The lowest BCUT2D eigenvalue weighted by Crippen LogP contribution is -2.45. The number of ether oxygens (including phenoxy) is 1. The molecule has 0 aromatic heterocycles. The second kappa shape index (κ2) is 63.6. The van der Waals surface area contributed by atoms with E-state index in [0.717, 1.165) is 44.9 Å². The third-order valence-electron chi connectivity index (χ3n) is 15.4. The molecule has 0 rings (SSSR count). The number of amides is 1. The zero-order valence-corrected chi connectivity index (χ0v) is 49.8. The zero-order chi connectivity index (χ0) is 53.6. The molecule has 0 aliphatic rings. The maximum Gasteiger partial charge on any atom is 0.305 e. The normalized spacial score (nSPS) is 12.8. The fourth-order valence-corrected chi connectivity index (χ4v) is 10.3. The van der Waals surface area contributed by atoms with Gasteiger partial charge in [-0.1, -0.05) is 320 Å². The molecule has 74 heavy (non-hydrogen) atoms. The first-order chi connectivity index (χ1) is 36.5. The summed E-state index contributed by atoms with van der Waals surface area (Å²) >= 11 is 0. The average molecular weight is 1040 g/mol. The predicted molar refractivity (Wildman–Crippen MR) is 324 cm³/mol. The number of aliphatic hydroxyl groups excluding tert-OH is 2. The quantitative estimate of drug-likeness (QED) is 0.0320. The Labute approximate surface area is 462 Å². The Kier molecular flexibility index (Phi) is 62.0. The molecule has 0 aromatic rings. The minimum Gasteiger partial charge on any atom is -0.466 e. The van der Waals surface area contributed by atoms with Crippen LogP contribution in [0.25, 0.3) is 0 Å². The third-order valence-corrected chi connectivity index (χ3v) is 15.4. The lowest BCUT2D eigenvalue weighted by Gasteiger charge is -2.20. The maximum absolute atomic E-state index is 12.5. The number of aliphatic hydroxyl groups is 2. The molecule has 0 heterocycles. The van der Waals surface area contributed by atoms with Crippen LogP contribution < -0.4 is 5.32 Å². The van der Waals surface area contributed by atoms with Crippen LogP contribution in [-0.2, 0) is 14.3 Å². The van der Waals surface area contributed by atoms with Crippen LogP contribution in [0.2, 0.25) is 0 Å². The van der Waals surface area contributed by atoms with E-state index in [0.29, 0.717) is 19.4 Å². The fourth-order valence-electron chi connectivity index (χ4n) is 10.3. The molecule has 6 nitrogen and oxygen atoms in total. The van der Waals surface area contributed by atoms with Gasteiger partial charge in [0.1, 0.15) is 0 Å². The van der Waals surface area contributed by atoms with Crippen LogP contribution >= 0.6 is 0 Å². The molecule has 0 fully saturated rings. The molecule has 0 saturated carbocycles. The Morgan fingerprint density at radius 3 is 1.03 bits per heavy atom. The summed E-state index contributed by atoms with van der Waals surface area (Å²) < 4.78 is 5.50. The van der Waals surface area contributed by atoms with Gasteiger partial charge in [0, 0.05) is 12.8 Å². The van der Waals surface area contributed by atoms with Crippen molar-refractivity contribution >= 4 is 11.9 Å². The van der Waals surface area contributed by atoms with Gasteiger partial charge in [0.05, 0.1) is 25.4 Å². The minimum atomic E-state index is -0.848. The molecule has 3 N–H and O–H groups in total. The van der Waals surface area contributed by atoms with E-state index in [2.05, 4.69) is 43.5 Å². The van der Waals surface area contributed by atoms with Gasteiger partial charge in [0.15, 0.2) is 0 Å². The summed E-state index contributed by atoms with van der Waals surface area (Å²) in [6, 6.07) is -0.633. The minimum absolute atomic E-state index is 0.0127. The van der Waals surface area contributed by atoms with Gasteiger partial charge in [0.25, 0.3) is 0 Å². The molecule has 6 heteroatoms. The molecule has 436 valence electrons. The summed E-state index contributed by atoms with van der Waals surface area (Å²) in [6.45, 7) is 4.92. The van der Waals surface area contributed by atoms with Crippen molar-refractivity contribution in [3.8, 4) is 0 Å². The van der Waals surface area contributed by atoms with Crippen LogP contribution in [0.1, 0.15) is 361 Å². The monoisotopic (exact) mass is 1040 g/mol. The zero-order valence-electron chi connectivity index (χ0n) is 49.8. The van der Waals surface area contributed by atoms with E-state index < -0.39 is 12.1 Å². The number of rotatable bonds is 62. The van der Waals surface area contributed by atoms with Crippen molar-refractivity contribution < 1.29 is 24.5 Å². The molecular formula is C68H129NO5. The molecule has 0 spiro atoms. The highest BCUT2D eigenvalue weighted by molar-refractivity contribution is 5.76. The van der Waals surface area contributed by atoms with E-state index in [1.54, 1.807) is 6.08 Å². The largest absolute Gasteiger partial charge is 0.466 e. The van der Waals surface area contributed by atoms with Crippen molar-refractivity contribution in [1.82, 2.24) is 5.32 Å². The number of carbonyl (C=O) groups excluding carboxylic acids is 2. The molecule has 2 atom stereocenters. The van der Waals surface area contributed by atoms with E-state index >= 15 is 0 Å². The van der Waals surface area contributed by atoms with Gasteiger partial charge in [-0.05, 0) is 64.2 Å². The van der Waals surface area contributed by atoms with Gasteiger partial charge in [0.2, 0.25) is 5.91 Å². The Balaban J connectivity index is 3.43. The number of hydrogen-bond donors (Lipinski definition) is 3. The van der Waals surface area contributed by atoms with Crippen LogP contribution in [0.4, 0.5) is 0 Å². The van der Waals surface area contributed by atoms with Crippen molar-refractivity contribution in [1.29, 1.82) is 0 Å². The van der Waals surface area contributed by atoms with Gasteiger partial charge in [-0.25, -0.2) is 0 Å². The summed E-state index contributed by atoms with van der Waals surface area (Å²) in [4.78, 5) is 24.6. The lowest BCUT2D eigenvalue weighted by molar-refractivity contribution is -0.143. The van der Waals surface area contributed by atoms with Crippen LogP contribution in [0, 0.1) is 0 Å². The molecular weight excluding hydrogens is 911 g/mol. The summed E-state index contributed by atoms with van der Waals surface area (Å²) in [6.07, 6.45) is 80.6. The van der Waals surface area contributed by atoms with Gasteiger partial charge >= 0.3 is 5.97 Å². The highest BCUT2D eigenvalue weighted by atomic mass is 16.5. The van der Waals surface area contributed by atoms with Gasteiger partial charge in [-0.15, -0.1) is 0 Å². The molecule has 0 aliphatic carbocycles. The van der Waals surface area contributed by atoms with Crippen molar-refractivity contribution in [2.75, 3.05) is 13.2 Å². The van der Waals surface area contributed by atoms with Crippen molar-refractivity contribution in [3.05, 3.63) is 36.5 Å². The molecule has 0 aromatic carbocycles. The summed E-state index contributed by atoms with van der Waals surface area (Å²) in [5.74, 6) is -0.0599. The van der Waals surface area contributed by atoms with Crippen LogP contribution in [0.3, 0.4) is 0 Å². The van der Waals surface area contributed by atoms with E-state index in [1.807, 2.05) is 6.08 Å². The summed E-state index contributed by atoms with van der Waals surface area (Å²) in [5.41, 5.74) is 0. The number of hydrogen-bond acceptors (Lipinski definition) is 5. The average Bonchev–Trinajstić information content (AvgIpc) is 3.40. The highest BCUT2D eigenvalue weighted by Crippen LogP contribution is 2.18. The third kappa shape index (κ3) is 59.3. The predicted octanol–water partition coefficient (Wildman–Crippen LogP) is 21.1. The lowest BCUT2D eigenvalue weighted by atomic mass is 10.0. The number of allylic oxidation sites excluding steroid dienone is 5. The first kappa shape index (κ1) is 72.1. The first-order valence-electron chi connectivity index (χ1n) is 33.3. The molecule has 0 saturated heterocycles. The number of unbranched alkanes of at least 4 members (excludes halogenated alkanes) is 47. The number of carbonyl (C=O) groups is 2. The standard InChI is InChI=1S/C68H129NO5/c1-3-5-7-9-11-13-15-17-19-29-34-38-42-46-50-54-58-62-68(73)74-63-59-55-51-47-43-39-35-31-28-26-24-22-20-21-23-25-27-30-33-37-41-45-49-53-57-61-67(72)69-65(64-70)66(71)60-56-52-48-44-40-36-32-18-16-14-12-10-8-6-4-2/h21-24,56,60,65-66,70-71H,3-20,25-55,57-59,61-64H2,1-2H3,(H,69,72)/b23-21-,24-22-,60-56+. The van der Waals surface area contributed by atoms with Gasteiger partial charge < -0.3 is 20.3 Å². The Morgan fingerprint density at radius 2 is 0.676 bits per heavy atom. The van der Waals surface area contributed by atoms with Crippen molar-refractivity contribution in [2.24, 2.45) is 0 Å². The molecule has 0 radical (unpaired) electrons. The van der Waals surface area contributed by atoms with Gasteiger partial charge in [-0.2, -0.15) is 0 Å². The van der Waals surface area contributed by atoms with Gasteiger partial charge in [-0.3, -0.25) is 9.59 Å². The Morgan fingerprint density at radius 1 is 0.378 bits per heavy atom. The van der Waals surface area contributed by atoms with E-state index in [1.165, 1.54) is 289 Å². The Bertz CT molecular complexity index is 1200. The van der Waals surface area contributed by atoms with Crippen molar-refractivity contribution in [3.63, 3.8) is 0 Å². The van der Waals surface area contributed by atoms with E-state index in [-0.39, 0.29) is 18.5 Å². The molecule has 1 amide bonds. The fraction of sp³-hybridized carbons (Fsp3) is 0.882. The first-order valence-corrected chi connectivity index (χ1v) is 33.3. The number of nitrogens with one attached hydrogen (secondary N) is 1. The van der Waals surface area contributed by atoms with E-state index in [4.69, 9.17) is 4.74 Å². The SMILES string of the molecule is CCCCCCCCCCCCCCC/C=C/C(O)C(CO)NC(=O)CCCCCCCCCCC/C=C\C/C=C\CCCCCCCCCCCOC(=O)CCCCCCCCCCCCCCCCCCC. The van der Waals surface area contributed by atoms with E-state index in [9.17, 15) is 19.8 Å². The van der Waals surface area contributed by atoms with Crippen LogP contribution in [0.5, 0.6) is 0 Å². The van der Waals surface area contributed by atoms with Crippen LogP contribution in [-0.4, -0.2) is 47.4 Å². The maximum atomic E-state index is 12.5. The topological polar surface area (TPSA) is 95.9 Å². The Hall–Kier alpha value is -1.92. The molecule has 0 aliphatic heterocycles. The second-order valence-corrected chi connectivity index (χ2v) is 22.8. The molecule has 2 unspecified atom stereocenters. The highest BCUT2D eigenvalue weighted by Gasteiger charge is 2.18. The summed E-state index contributed by atoms with van der Waals surface area (Å²) in [5, 5.41) is 23.1. The number of esters is 1. The smallest absolute Gasteiger partial charge is 0.305 e. The van der Waals surface area contributed by atoms with Crippen molar-refractivity contribution in [2.45, 2.75) is 373 Å². The second-order valence-electron chi connectivity index (χ2n) is 22.8. The molecule has 0 bridgehead atoms.